The van der Waals surface area contributed by atoms with Crippen molar-refractivity contribution in [3.8, 4) is 5.75 Å². The van der Waals surface area contributed by atoms with Gasteiger partial charge in [-0.25, -0.2) is 9.59 Å². The number of thioether (sulfide) groups is 1. The molecule has 136 valence electrons. The quantitative estimate of drug-likeness (QED) is 0.817. The van der Waals surface area contributed by atoms with Crippen LogP contribution < -0.4 is 10.1 Å². The van der Waals surface area contributed by atoms with E-state index in [4.69, 9.17) is 14.2 Å². The Bertz CT molecular complexity index is 698. The predicted octanol–water partition coefficient (Wildman–Crippen LogP) is 2.06. The van der Waals surface area contributed by atoms with Crippen molar-refractivity contribution in [2.24, 2.45) is 0 Å². The van der Waals surface area contributed by atoms with E-state index in [0.717, 1.165) is 22.8 Å². The van der Waals surface area contributed by atoms with Gasteiger partial charge in [0.2, 0.25) is 0 Å². The van der Waals surface area contributed by atoms with E-state index in [0.29, 0.717) is 6.42 Å². The smallest absolute Gasteiger partial charge is 0.411 e. The van der Waals surface area contributed by atoms with Gasteiger partial charge in [-0.05, 0) is 36.4 Å². The SMILES string of the molecule is COC(=O)[C@@H]1C[C@]2(CSC)c3cc(OC)ccc3NC2N1C(=O)OC. The molecule has 7 nitrogen and oxygen atoms in total. The van der Waals surface area contributed by atoms with E-state index in [1.165, 1.54) is 19.1 Å². The van der Waals surface area contributed by atoms with Gasteiger partial charge in [0.1, 0.15) is 18.0 Å². The average Bonchev–Trinajstić information content (AvgIpc) is 3.11. The summed E-state index contributed by atoms with van der Waals surface area (Å²) in [6.07, 6.45) is 1.56. The Balaban J connectivity index is 2.12. The molecular formula is C17H22N2O5S. The molecule has 25 heavy (non-hydrogen) atoms. The monoisotopic (exact) mass is 366 g/mol. The Kier molecular flexibility index (Phi) is 4.73. The fourth-order valence-electron chi connectivity index (χ4n) is 3.95. The molecule has 1 aromatic carbocycles. The summed E-state index contributed by atoms with van der Waals surface area (Å²) < 4.78 is 15.2. The lowest BCUT2D eigenvalue weighted by molar-refractivity contribution is -0.145. The molecule has 8 heteroatoms. The molecule has 2 aliphatic heterocycles. The largest absolute Gasteiger partial charge is 0.497 e. The number of likely N-dealkylation sites (tertiary alicyclic amines) is 1. The van der Waals surface area contributed by atoms with E-state index in [2.05, 4.69) is 5.32 Å². The van der Waals surface area contributed by atoms with E-state index < -0.39 is 23.5 Å². The van der Waals surface area contributed by atoms with Crippen LogP contribution in [0.3, 0.4) is 0 Å². The van der Waals surface area contributed by atoms with Crippen LogP contribution in [-0.2, 0) is 19.7 Å². The molecule has 3 rings (SSSR count). The molecule has 1 fully saturated rings. The molecule has 1 saturated heterocycles. The molecular weight excluding hydrogens is 344 g/mol. The first-order valence-corrected chi connectivity index (χ1v) is 9.30. The number of methoxy groups -OCH3 is 3. The molecule has 0 bridgehead atoms. The maximum absolute atomic E-state index is 12.4. The predicted molar refractivity (Wildman–Crippen MR) is 95.1 cm³/mol. The second-order valence-electron chi connectivity index (χ2n) is 6.17. The third kappa shape index (κ3) is 2.59. The standard InChI is InChI=1S/C17H22N2O5S/c1-22-10-5-6-12-11(7-10)17(9-25-4)8-13(14(20)23-2)19(15(17)18-12)16(21)24-3/h5-7,13,15,18H,8-9H2,1-4H3/t13-,15?,17-/m0/s1. The van der Waals surface area contributed by atoms with Gasteiger partial charge in [0, 0.05) is 16.9 Å². The van der Waals surface area contributed by atoms with Crippen LogP contribution in [0.1, 0.15) is 12.0 Å². The molecule has 2 heterocycles. The summed E-state index contributed by atoms with van der Waals surface area (Å²) in [5.74, 6) is 1.05. The van der Waals surface area contributed by atoms with Gasteiger partial charge in [-0.1, -0.05) is 0 Å². The molecule has 0 spiro atoms. The van der Waals surface area contributed by atoms with E-state index in [1.54, 1.807) is 18.9 Å². The maximum atomic E-state index is 12.4. The van der Waals surface area contributed by atoms with Crippen LogP contribution in [0.15, 0.2) is 18.2 Å². The molecule has 2 aliphatic rings. The number of hydrogen-bond donors (Lipinski definition) is 1. The number of carbonyl (C=O) groups excluding carboxylic acids is 2. The summed E-state index contributed by atoms with van der Waals surface area (Å²) in [5, 5.41) is 3.40. The molecule has 0 saturated carbocycles. The Hall–Kier alpha value is -2.09. The summed E-state index contributed by atoms with van der Waals surface area (Å²) in [4.78, 5) is 26.2. The first kappa shape index (κ1) is 17.7. The summed E-state index contributed by atoms with van der Waals surface area (Å²) >= 11 is 1.67. The Morgan fingerprint density at radius 3 is 2.68 bits per heavy atom. The Morgan fingerprint density at radius 2 is 2.08 bits per heavy atom. The van der Waals surface area contributed by atoms with Crippen molar-refractivity contribution in [3.05, 3.63) is 23.8 Å². The lowest BCUT2D eigenvalue weighted by Gasteiger charge is -2.31. The Labute approximate surface area is 151 Å². The van der Waals surface area contributed by atoms with Gasteiger partial charge in [-0.2, -0.15) is 11.8 Å². The van der Waals surface area contributed by atoms with Gasteiger partial charge in [0.05, 0.1) is 21.3 Å². The topological polar surface area (TPSA) is 77.1 Å². The van der Waals surface area contributed by atoms with Crippen molar-refractivity contribution in [3.63, 3.8) is 0 Å². The number of rotatable bonds is 4. The average molecular weight is 366 g/mol. The number of carbonyl (C=O) groups is 2. The molecule has 1 unspecified atom stereocenters. The second-order valence-corrected chi connectivity index (χ2v) is 7.03. The van der Waals surface area contributed by atoms with Gasteiger partial charge in [0.25, 0.3) is 0 Å². The van der Waals surface area contributed by atoms with Crippen LogP contribution in [-0.4, -0.2) is 62.5 Å². The first-order chi connectivity index (χ1) is 12.0. The van der Waals surface area contributed by atoms with Crippen molar-refractivity contribution in [1.29, 1.82) is 0 Å². The Morgan fingerprint density at radius 1 is 1.32 bits per heavy atom. The number of anilines is 1. The molecule has 0 radical (unpaired) electrons. The lowest BCUT2D eigenvalue weighted by Crippen LogP contribution is -2.50. The third-order valence-corrected chi connectivity index (χ3v) is 5.81. The number of benzene rings is 1. The van der Waals surface area contributed by atoms with Crippen LogP contribution in [0, 0.1) is 0 Å². The van der Waals surface area contributed by atoms with E-state index in [-0.39, 0.29) is 6.17 Å². The van der Waals surface area contributed by atoms with Crippen molar-refractivity contribution in [2.45, 2.75) is 24.0 Å². The van der Waals surface area contributed by atoms with Crippen LogP contribution in [0.5, 0.6) is 5.75 Å². The van der Waals surface area contributed by atoms with Crippen LogP contribution in [0.4, 0.5) is 10.5 Å². The van der Waals surface area contributed by atoms with E-state index >= 15 is 0 Å². The number of nitrogens with one attached hydrogen (secondary N) is 1. The van der Waals surface area contributed by atoms with Gasteiger partial charge in [-0.15, -0.1) is 0 Å². The molecule has 0 aliphatic carbocycles. The molecule has 1 amide bonds. The zero-order chi connectivity index (χ0) is 18.2. The van der Waals surface area contributed by atoms with E-state index in [1.807, 2.05) is 24.5 Å². The summed E-state index contributed by atoms with van der Waals surface area (Å²) in [6, 6.07) is 5.10. The highest BCUT2D eigenvalue weighted by Gasteiger charge is 2.61. The third-order valence-electron chi connectivity index (χ3n) is 5.01. The normalized spacial score (nSPS) is 26.5. The summed E-state index contributed by atoms with van der Waals surface area (Å²) in [5.41, 5.74) is 1.57. The van der Waals surface area contributed by atoms with Crippen LogP contribution in [0.2, 0.25) is 0 Å². The fraction of sp³-hybridized carbons (Fsp3) is 0.529. The minimum Gasteiger partial charge on any atom is -0.497 e. The molecule has 0 aromatic heterocycles. The van der Waals surface area contributed by atoms with Crippen molar-refractivity contribution >= 4 is 29.5 Å². The fourth-order valence-corrected chi connectivity index (χ4v) is 4.89. The van der Waals surface area contributed by atoms with Crippen molar-refractivity contribution < 1.29 is 23.8 Å². The van der Waals surface area contributed by atoms with Gasteiger partial charge >= 0.3 is 12.1 Å². The summed E-state index contributed by atoms with van der Waals surface area (Å²) in [7, 11) is 4.27. The number of esters is 1. The van der Waals surface area contributed by atoms with Gasteiger partial charge in [0.15, 0.2) is 0 Å². The highest BCUT2D eigenvalue weighted by molar-refractivity contribution is 7.98. The highest BCUT2D eigenvalue weighted by atomic mass is 32.2. The van der Waals surface area contributed by atoms with Crippen LogP contribution in [0.25, 0.3) is 0 Å². The number of amides is 1. The summed E-state index contributed by atoms with van der Waals surface area (Å²) in [6.45, 7) is 0. The lowest BCUT2D eigenvalue weighted by atomic mass is 9.80. The molecule has 3 atom stereocenters. The molecule has 1 N–H and O–H groups in total. The zero-order valence-electron chi connectivity index (χ0n) is 14.7. The number of nitrogens with zero attached hydrogens (tertiary/aromatic N) is 1. The number of hydrogen-bond acceptors (Lipinski definition) is 7. The van der Waals surface area contributed by atoms with Gasteiger partial charge in [-0.3, -0.25) is 4.90 Å². The van der Waals surface area contributed by atoms with Crippen molar-refractivity contribution in [2.75, 3.05) is 38.7 Å². The first-order valence-electron chi connectivity index (χ1n) is 7.90. The highest BCUT2D eigenvalue weighted by Crippen LogP contribution is 2.53. The van der Waals surface area contributed by atoms with Gasteiger partial charge < -0.3 is 19.5 Å². The van der Waals surface area contributed by atoms with E-state index in [9.17, 15) is 9.59 Å². The molecule has 1 aromatic rings. The number of fused-ring (bicyclic) bond motifs is 3. The zero-order valence-corrected chi connectivity index (χ0v) is 15.5. The number of ether oxygens (including phenoxy) is 3. The second kappa shape index (κ2) is 6.67. The van der Waals surface area contributed by atoms with Crippen LogP contribution >= 0.6 is 11.8 Å². The van der Waals surface area contributed by atoms with Crippen molar-refractivity contribution in [1.82, 2.24) is 4.90 Å². The maximum Gasteiger partial charge on any atom is 0.411 e. The minimum atomic E-state index is -0.693. The minimum absolute atomic E-state index is 0.376.